The van der Waals surface area contributed by atoms with Gasteiger partial charge in [-0.15, -0.1) is 0 Å². The molecule has 0 N–H and O–H groups in total. The third kappa shape index (κ3) is 4.69. The van der Waals surface area contributed by atoms with Gasteiger partial charge in [0, 0.05) is 18.7 Å². The van der Waals surface area contributed by atoms with E-state index in [4.69, 9.17) is 23.2 Å². The van der Waals surface area contributed by atoms with Crippen LogP contribution in [0.5, 0.6) is 0 Å². The summed E-state index contributed by atoms with van der Waals surface area (Å²) >= 11 is 11.5. The summed E-state index contributed by atoms with van der Waals surface area (Å²) in [4.78, 5) is 28.6. The summed E-state index contributed by atoms with van der Waals surface area (Å²) in [5.74, 6) is -0.616. The number of halogens is 2. The molecular formula is C12H14Cl2N2O3. The lowest BCUT2D eigenvalue weighted by Crippen LogP contribution is -2.33. The van der Waals surface area contributed by atoms with E-state index in [0.29, 0.717) is 12.1 Å². The van der Waals surface area contributed by atoms with Crippen molar-refractivity contribution >= 4 is 35.1 Å². The maximum Gasteiger partial charge on any atom is 0.307 e. The highest BCUT2D eigenvalue weighted by Crippen LogP contribution is 2.16. The number of nitrogens with zero attached hydrogens (tertiary/aromatic N) is 2. The molecule has 1 amide bonds. The number of carbonyl (C=O) groups is 2. The summed E-state index contributed by atoms with van der Waals surface area (Å²) in [6, 6.07) is 2.88. The lowest BCUT2D eigenvalue weighted by atomic mass is 10.2. The van der Waals surface area contributed by atoms with Crippen LogP contribution in [0.1, 0.15) is 23.7 Å². The van der Waals surface area contributed by atoms with Crippen molar-refractivity contribution in [2.45, 2.75) is 13.3 Å². The van der Waals surface area contributed by atoms with Crippen LogP contribution in [0.3, 0.4) is 0 Å². The second kappa shape index (κ2) is 7.31. The van der Waals surface area contributed by atoms with Crippen LogP contribution in [0.15, 0.2) is 12.1 Å². The first kappa shape index (κ1) is 15.7. The minimum Gasteiger partial charge on any atom is -0.469 e. The average Bonchev–Trinajstić information content (AvgIpc) is 2.37. The summed E-state index contributed by atoms with van der Waals surface area (Å²) in [5, 5.41) is 0.305. The molecular weight excluding hydrogens is 291 g/mol. The third-order valence-electron chi connectivity index (χ3n) is 2.49. The summed E-state index contributed by atoms with van der Waals surface area (Å²) in [7, 11) is 1.31. The van der Waals surface area contributed by atoms with Crippen LogP contribution < -0.4 is 0 Å². The molecule has 0 aliphatic heterocycles. The van der Waals surface area contributed by atoms with E-state index in [-0.39, 0.29) is 35.1 Å². The SMILES string of the molecule is CCN(CCC(=O)OC)C(=O)c1cc(Cl)nc(Cl)c1. The van der Waals surface area contributed by atoms with Crippen LogP contribution in [0.4, 0.5) is 0 Å². The molecule has 0 aromatic carbocycles. The van der Waals surface area contributed by atoms with E-state index >= 15 is 0 Å². The molecule has 1 heterocycles. The van der Waals surface area contributed by atoms with E-state index < -0.39 is 0 Å². The Balaban J connectivity index is 2.80. The number of ether oxygens (including phenoxy) is 1. The average molecular weight is 305 g/mol. The first-order valence-electron chi connectivity index (χ1n) is 5.67. The normalized spacial score (nSPS) is 10.1. The quantitative estimate of drug-likeness (QED) is 0.619. The van der Waals surface area contributed by atoms with Crippen LogP contribution in [0, 0.1) is 0 Å². The fraction of sp³-hybridized carbons (Fsp3) is 0.417. The monoisotopic (exact) mass is 304 g/mol. The molecule has 0 saturated carbocycles. The van der Waals surface area contributed by atoms with Crippen molar-refractivity contribution in [3.05, 3.63) is 28.0 Å². The van der Waals surface area contributed by atoms with Gasteiger partial charge in [-0.2, -0.15) is 0 Å². The van der Waals surface area contributed by atoms with Crippen molar-refractivity contribution in [3.8, 4) is 0 Å². The first-order chi connectivity index (χ1) is 8.97. The molecule has 0 saturated heterocycles. The Morgan fingerprint density at radius 1 is 1.32 bits per heavy atom. The largest absolute Gasteiger partial charge is 0.469 e. The minimum atomic E-state index is -0.364. The van der Waals surface area contributed by atoms with E-state index in [9.17, 15) is 9.59 Å². The van der Waals surface area contributed by atoms with Gasteiger partial charge >= 0.3 is 5.97 Å². The molecule has 0 fully saturated rings. The summed E-state index contributed by atoms with van der Waals surface area (Å²) < 4.78 is 4.54. The zero-order valence-electron chi connectivity index (χ0n) is 10.7. The van der Waals surface area contributed by atoms with E-state index in [1.54, 1.807) is 0 Å². The zero-order chi connectivity index (χ0) is 14.4. The number of carbonyl (C=O) groups excluding carboxylic acids is 2. The molecule has 0 atom stereocenters. The zero-order valence-corrected chi connectivity index (χ0v) is 12.2. The number of esters is 1. The number of amides is 1. The first-order valence-corrected chi connectivity index (χ1v) is 6.42. The van der Waals surface area contributed by atoms with Gasteiger partial charge in [-0.25, -0.2) is 4.98 Å². The van der Waals surface area contributed by atoms with Crippen LogP contribution in [0.2, 0.25) is 10.3 Å². The Bertz CT molecular complexity index is 460. The molecule has 1 aromatic heterocycles. The molecule has 1 rings (SSSR count). The second-order valence-electron chi connectivity index (χ2n) is 3.71. The highest BCUT2D eigenvalue weighted by atomic mass is 35.5. The van der Waals surface area contributed by atoms with Gasteiger partial charge in [0.15, 0.2) is 0 Å². The van der Waals surface area contributed by atoms with Crippen LogP contribution in [0.25, 0.3) is 0 Å². The molecule has 19 heavy (non-hydrogen) atoms. The fourth-order valence-electron chi connectivity index (χ4n) is 1.50. The van der Waals surface area contributed by atoms with Gasteiger partial charge in [0.2, 0.25) is 0 Å². The van der Waals surface area contributed by atoms with E-state index in [2.05, 4.69) is 9.72 Å². The Morgan fingerprint density at radius 2 is 1.89 bits per heavy atom. The lowest BCUT2D eigenvalue weighted by Gasteiger charge is -2.20. The van der Waals surface area contributed by atoms with Gasteiger partial charge in [-0.3, -0.25) is 9.59 Å². The predicted molar refractivity (Wildman–Crippen MR) is 72.5 cm³/mol. The van der Waals surface area contributed by atoms with Crippen molar-refractivity contribution in [1.82, 2.24) is 9.88 Å². The molecule has 104 valence electrons. The molecule has 0 bridgehead atoms. The van der Waals surface area contributed by atoms with Gasteiger partial charge in [0.25, 0.3) is 5.91 Å². The Morgan fingerprint density at radius 3 is 2.37 bits per heavy atom. The number of hydrogen-bond donors (Lipinski definition) is 0. The molecule has 0 spiro atoms. The summed E-state index contributed by atoms with van der Waals surface area (Å²) in [6.07, 6.45) is 0.141. The van der Waals surface area contributed by atoms with Crippen molar-refractivity contribution in [2.24, 2.45) is 0 Å². The molecule has 5 nitrogen and oxygen atoms in total. The molecule has 0 aliphatic rings. The highest BCUT2D eigenvalue weighted by Gasteiger charge is 2.17. The molecule has 1 aromatic rings. The van der Waals surface area contributed by atoms with Crippen LogP contribution in [-0.2, 0) is 9.53 Å². The van der Waals surface area contributed by atoms with Gasteiger partial charge in [0.05, 0.1) is 13.5 Å². The lowest BCUT2D eigenvalue weighted by molar-refractivity contribution is -0.140. The van der Waals surface area contributed by atoms with E-state index in [0.717, 1.165) is 0 Å². The van der Waals surface area contributed by atoms with Crippen molar-refractivity contribution in [1.29, 1.82) is 0 Å². The Hall–Kier alpha value is -1.33. The minimum absolute atomic E-state index is 0.141. The Labute approximate surface area is 121 Å². The van der Waals surface area contributed by atoms with Crippen LogP contribution >= 0.6 is 23.2 Å². The third-order valence-corrected chi connectivity index (χ3v) is 2.88. The maximum absolute atomic E-state index is 12.2. The second-order valence-corrected chi connectivity index (χ2v) is 4.49. The summed E-state index contributed by atoms with van der Waals surface area (Å²) in [6.45, 7) is 2.56. The standard InChI is InChI=1S/C12H14Cl2N2O3/c1-3-16(5-4-11(17)19-2)12(18)8-6-9(13)15-10(14)7-8/h6-7H,3-5H2,1-2H3. The summed E-state index contributed by atoms with van der Waals surface area (Å²) in [5.41, 5.74) is 0.344. The van der Waals surface area contributed by atoms with Gasteiger partial charge < -0.3 is 9.64 Å². The molecule has 0 unspecified atom stereocenters. The van der Waals surface area contributed by atoms with Crippen molar-refractivity contribution < 1.29 is 14.3 Å². The van der Waals surface area contributed by atoms with E-state index in [1.165, 1.54) is 24.1 Å². The fourth-order valence-corrected chi connectivity index (χ4v) is 1.96. The molecule has 7 heteroatoms. The highest BCUT2D eigenvalue weighted by molar-refractivity contribution is 6.33. The predicted octanol–water partition coefficient (Wildman–Crippen LogP) is 2.41. The van der Waals surface area contributed by atoms with Crippen molar-refractivity contribution in [3.63, 3.8) is 0 Å². The van der Waals surface area contributed by atoms with Gasteiger partial charge in [0.1, 0.15) is 10.3 Å². The number of rotatable bonds is 5. The number of aromatic nitrogens is 1. The number of hydrogen-bond acceptors (Lipinski definition) is 4. The van der Waals surface area contributed by atoms with Crippen LogP contribution in [-0.4, -0.2) is 42.0 Å². The molecule has 0 aliphatic carbocycles. The Kier molecular flexibility index (Phi) is 6.05. The molecule has 0 radical (unpaired) electrons. The van der Waals surface area contributed by atoms with Gasteiger partial charge in [-0.1, -0.05) is 23.2 Å². The number of pyridine rings is 1. The number of methoxy groups -OCH3 is 1. The smallest absolute Gasteiger partial charge is 0.307 e. The van der Waals surface area contributed by atoms with Gasteiger partial charge in [-0.05, 0) is 19.1 Å². The van der Waals surface area contributed by atoms with Crippen molar-refractivity contribution in [2.75, 3.05) is 20.2 Å². The van der Waals surface area contributed by atoms with E-state index in [1.807, 2.05) is 6.92 Å². The topological polar surface area (TPSA) is 59.5 Å². The maximum atomic E-state index is 12.2.